The van der Waals surface area contributed by atoms with Crippen LogP contribution in [0.15, 0.2) is 46.4 Å². The molecule has 0 aliphatic carbocycles. The van der Waals surface area contributed by atoms with E-state index in [1.165, 1.54) is 11.0 Å². The van der Waals surface area contributed by atoms with Crippen molar-refractivity contribution in [3.63, 3.8) is 0 Å². The maximum Gasteiger partial charge on any atom is 0.273 e. The van der Waals surface area contributed by atoms with E-state index in [9.17, 15) is 9.59 Å². The summed E-state index contributed by atoms with van der Waals surface area (Å²) in [5, 5.41) is 5.20. The number of benzene rings is 1. The Bertz CT molecular complexity index is 941. The van der Waals surface area contributed by atoms with Crippen molar-refractivity contribution in [3.8, 4) is 0 Å². The highest BCUT2D eigenvalue weighted by atomic mass is 35.5. The van der Waals surface area contributed by atoms with Gasteiger partial charge in [0.2, 0.25) is 0 Å². The molecule has 0 radical (unpaired) electrons. The molecule has 6 nitrogen and oxygen atoms in total. The van der Waals surface area contributed by atoms with Gasteiger partial charge in [-0.1, -0.05) is 23.2 Å². The van der Waals surface area contributed by atoms with Gasteiger partial charge in [0.25, 0.3) is 11.8 Å². The molecule has 2 amide bonds. The zero-order chi connectivity index (χ0) is 18.7. The topological polar surface area (TPSA) is 75.4 Å². The van der Waals surface area contributed by atoms with Gasteiger partial charge < -0.3 is 9.32 Å². The summed E-state index contributed by atoms with van der Waals surface area (Å²) in [6.07, 6.45) is 1.55. The first-order valence-corrected chi connectivity index (χ1v) is 9.07. The van der Waals surface area contributed by atoms with E-state index in [-0.39, 0.29) is 22.5 Å². The molecule has 1 N–H and O–H groups in total. The SMILES string of the molecule is CN(Cc1ccco1)C(=O)c1csc(NC(=O)c2ccc(Cl)c(Cl)c2)n1. The fraction of sp³-hybridized carbons (Fsp3) is 0.118. The third-order valence-electron chi connectivity index (χ3n) is 3.45. The lowest BCUT2D eigenvalue weighted by Gasteiger charge is -2.13. The van der Waals surface area contributed by atoms with E-state index in [4.69, 9.17) is 27.6 Å². The highest BCUT2D eigenvalue weighted by molar-refractivity contribution is 7.14. The van der Waals surface area contributed by atoms with E-state index in [0.717, 1.165) is 11.3 Å². The van der Waals surface area contributed by atoms with E-state index >= 15 is 0 Å². The van der Waals surface area contributed by atoms with Crippen LogP contribution in [0.3, 0.4) is 0 Å². The third kappa shape index (κ3) is 4.24. The van der Waals surface area contributed by atoms with Crippen molar-refractivity contribution in [2.75, 3.05) is 12.4 Å². The number of rotatable bonds is 5. The van der Waals surface area contributed by atoms with Crippen LogP contribution in [0.5, 0.6) is 0 Å². The van der Waals surface area contributed by atoms with Crippen molar-refractivity contribution in [1.82, 2.24) is 9.88 Å². The fourth-order valence-electron chi connectivity index (χ4n) is 2.14. The maximum absolute atomic E-state index is 12.4. The summed E-state index contributed by atoms with van der Waals surface area (Å²) in [4.78, 5) is 30.3. The highest BCUT2D eigenvalue weighted by Gasteiger charge is 2.18. The summed E-state index contributed by atoms with van der Waals surface area (Å²) >= 11 is 12.9. The molecule has 0 saturated carbocycles. The lowest BCUT2D eigenvalue weighted by atomic mass is 10.2. The molecule has 0 unspecified atom stereocenters. The number of halogens is 2. The second kappa shape index (κ2) is 7.90. The fourth-order valence-corrected chi connectivity index (χ4v) is 3.12. The van der Waals surface area contributed by atoms with Crippen molar-refractivity contribution in [3.05, 3.63) is 69.0 Å². The van der Waals surface area contributed by atoms with Gasteiger partial charge in [0, 0.05) is 18.0 Å². The molecule has 0 spiro atoms. The Morgan fingerprint density at radius 2 is 2.08 bits per heavy atom. The Labute approximate surface area is 163 Å². The molecule has 1 aromatic carbocycles. The third-order valence-corrected chi connectivity index (χ3v) is 4.94. The van der Waals surface area contributed by atoms with E-state index in [1.54, 1.807) is 43.0 Å². The van der Waals surface area contributed by atoms with Gasteiger partial charge in [-0.15, -0.1) is 11.3 Å². The molecule has 0 atom stereocenters. The number of amides is 2. The first kappa shape index (κ1) is 18.4. The second-order valence-electron chi connectivity index (χ2n) is 5.36. The van der Waals surface area contributed by atoms with Crippen molar-refractivity contribution in [2.24, 2.45) is 0 Å². The molecule has 0 aliphatic heterocycles. The molecule has 0 aliphatic rings. The van der Waals surface area contributed by atoms with Crippen LogP contribution in [-0.4, -0.2) is 28.7 Å². The van der Waals surface area contributed by atoms with Gasteiger partial charge in [-0.2, -0.15) is 0 Å². The highest BCUT2D eigenvalue weighted by Crippen LogP contribution is 2.24. The van der Waals surface area contributed by atoms with Crippen LogP contribution in [-0.2, 0) is 6.54 Å². The smallest absolute Gasteiger partial charge is 0.273 e. The average Bonchev–Trinajstić information content (AvgIpc) is 3.28. The van der Waals surface area contributed by atoms with E-state index in [2.05, 4.69) is 10.3 Å². The number of carbonyl (C=O) groups is 2. The van der Waals surface area contributed by atoms with Crippen molar-refractivity contribution in [1.29, 1.82) is 0 Å². The van der Waals surface area contributed by atoms with Gasteiger partial charge in [0.15, 0.2) is 5.13 Å². The molecule has 2 aromatic heterocycles. The van der Waals surface area contributed by atoms with Gasteiger partial charge in [0.05, 0.1) is 22.9 Å². The molecule has 2 heterocycles. The van der Waals surface area contributed by atoms with E-state index in [0.29, 0.717) is 28.0 Å². The lowest BCUT2D eigenvalue weighted by molar-refractivity contribution is 0.0770. The number of carbonyl (C=O) groups excluding carboxylic acids is 2. The zero-order valence-corrected chi connectivity index (χ0v) is 15.9. The predicted molar refractivity (Wildman–Crippen MR) is 101 cm³/mol. The van der Waals surface area contributed by atoms with Crippen LogP contribution in [0.2, 0.25) is 10.0 Å². The second-order valence-corrected chi connectivity index (χ2v) is 7.03. The molecule has 0 fully saturated rings. The van der Waals surface area contributed by atoms with Crippen LogP contribution in [0.25, 0.3) is 0 Å². The summed E-state index contributed by atoms with van der Waals surface area (Å²) in [5.74, 6) is 0.0118. The molecular weight excluding hydrogens is 397 g/mol. The van der Waals surface area contributed by atoms with Crippen LogP contribution in [0.1, 0.15) is 26.6 Å². The summed E-state index contributed by atoms with van der Waals surface area (Å²) in [5.41, 5.74) is 0.589. The van der Waals surface area contributed by atoms with Gasteiger partial charge >= 0.3 is 0 Å². The summed E-state index contributed by atoms with van der Waals surface area (Å²) in [6, 6.07) is 8.11. The van der Waals surface area contributed by atoms with Crippen molar-refractivity contribution in [2.45, 2.75) is 6.54 Å². The van der Waals surface area contributed by atoms with E-state index in [1.807, 2.05) is 0 Å². The zero-order valence-electron chi connectivity index (χ0n) is 13.5. The first-order chi connectivity index (χ1) is 12.4. The van der Waals surface area contributed by atoms with Gasteiger partial charge in [-0.3, -0.25) is 14.9 Å². The van der Waals surface area contributed by atoms with Gasteiger partial charge in [-0.25, -0.2) is 4.98 Å². The molecule has 26 heavy (non-hydrogen) atoms. The van der Waals surface area contributed by atoms with Gasteiger partial charge in [0.1, 0.15) is 11.5 Å². The average molecular weight is 410 g/mol. The molecule has 3 aromatic rings. The monoisotopic (exact) mass is 409 g/mol. The number of nitrogens with one attached hydrogen (secondary N) is 1. The molecule has 0 bridgehead atoms. The van der Waals surface area contributed by atoms with Crippen LogP contribution in [0.4, 0.5) is 5.13 Å². The minimum atomic E-state index is -0.388. The summed E-state index contributed by atoms with van der Waals surface area (Å²) in [6.45, 7) is 0.328. The molecule has 9 heteroatoms. The minimum Gasteiger partial charge on any atom is -0.467 e. The Balaban J connectivity index is 1.66. The van der Waals surface area contributed by atoms with Crippen LogP contribution < -0.4 is 5.32 Å². The first-order valence-electron chi connectivity index (χ1n) is 7.44. The number of thiazole rings is 1. The number of nitrogens with zero attached hydrogens (tertiary/aromatic N) is 2. The van der Waals surface area contributed by atoms with Crippen LogP contribution in [0, 0.1) is 0 Å². The number of hydrogen-bond acceptors (Lipinski definition) is 5. The molecule has 134 valence electrons. The Morgan fingerprint density at radius 3 is 2.77 bits per heavy atom. The quantitative estimate of drug-likeness (QED) is 0.669. The molecule has 3 rings (SSSR count). The summed E-state index contributed by atoms with van der Waals surface area (Å²) < 4.78 is 5.23. The Hall–Kier alpha value is -2.35. The van der Waals surface area contributed by atoms with Crippen LogP contribution >= 0.6 is 34.5 Å². The Kier molecular flexibility index (Phi) is 5.61. The van der Waals surface area contributed by atoms with Crippen molar-refractivity contribution >= 4 is 51.5 Å². The number of furan rings is 1. The van der Waals surface area contributed by atoms with E-state index < -0.39 is 0 Å². The van der Waals surface area contributed by atoms with Crippen molar-refractivity contribution < 1.29 is 14.0 Å². The van der Waals surface area contributed by atoms with Gasteiger partial charge in [-0.05, 0) is 30.3 Å². The molecule has 0 saturated heterocycles. The number of aromatic nitrogens is 1. The minimum absolute atomic E-state index is 0.244. The molecular formula is C17H13Cl2N3O3S. The Morgan fingerprint density at radius 1 is 1.27 bits per heavy atom. The number of anilines is 1. The normalized spacial score (nSPS) is 10.6. The standard InChI is InChI=1S/C17H13Cl2N3O3S/c1-22(8-11-3-2-6-25-11)16(24)14-9-26-17(20-14)21-15(23)10-4-5-12(18)13(19)7-10/h2-7,9H,8H2,1H3,(H,20,21,23). The number of hydrogen-bond donors (Lipinski definition) is 1. The largest absolute Gasteiger partial charge is 0.467 e. The summed E-state index contributed by atoms with van der Waals surface area (Å²) in [7, 11) is 1.65. The lowest BCUT2D eigenvalue weighted by Crippen LogP contribution is -2.26. The maximum atomic E-state index is 12.4. The predicted octanol–water partition coefficient (Wildman–Crippen LogP) is 4.57.